The van der Waals surface area contributed by atoms with Gasteiger partial charge in [-0.15, -0.1) is 0 Å². The molecule has 0 aromatic carbocycles. The minimum atomic E-state index is -2.53. The Labute approximate surface area is 129 Å². The topological polar surface area (TPSA) is 41.1 Å². The van der Waals surface area contributed by atoms with Crippen LogP contribution < -0.4 is 10.2 Å². The van der Waals surface area contributed by atoms with Gasteiger partial charge in [0.05, 0.1) is 0 Å². The predicted octanol–water partition coefficient (Wildman–Crippen LogP) is 3.33. The van der Waals surface area contributed by atoms with Gasteiger partial charge in [-0.3, -0.25) is 4.98 Å². The molecule has 1 unspecified atom stereocenters. The summed E-state index contributed by atoms with van der Waals surface area (Å²) in [6.45, 7) is 2.61. The van der Waals surface area contributed by atoms with Crippen molar-refractivity contribution in [1.82, 2.24) is 15.3 Å². The lowest BCUT2D eigenvalue weighted by molar-refractivity contribution is 0.146. The zero-order valence-corrected chi connectivity index (χ0v) is 12.9. The predicted molar refractivity (Wildman–Crippen MR) is 83.0 cm³/mol. The number of anilines is 1. The molecule has 2 heterocycles. The first kappa shape index (κ1) is 16.3. The summed E-state index contributed by atoms with van der Waals surface area (Å²) in [6.07, 6.45) is 0.722. The lowest BCUT2D eigenvalue weighted by atomic mass is 10.1. The fourth-order valence-corrected chi connectivity index (χ4v) is 2.15. The van der Waals surface area contributed by atoms with Gasteiger partial charge in [0.25, 0.3) is 6.43 Å². The number of aromatic nitrogens is 2. The van der Waals surface area contributed by atoms with Crippen molar-refractivity contribution in [3.8, 4) is 0 Å². The second kappa shape index (κ2) is 7.26. The van der Waals surface area contributed by atoms with Crippen LogP contribution in [0.1, 0.15) is 36.2 Å². The second-order valence-electron chi connectivity index (χ2n) is 5.30. The fourth-order valence-electron chi connectivity index (χ4n) is 2.15. The zero-order chi connectivity index (χ0) is 16.1. The normalized spacial score (nSPS) is 12.5. The SMILES string of the molecule is CC(NCc1cccnc1N(C)C)c1ccc(C(F)F)nc1. The van der Waals surface area contributed by atoms with Gasteiger partial charge < -0.3 is 10.2 Å². The molecule has 118 valence electrons. The van der Waals surface area contributed by atoms with E-state index in [9.17, 15) is 8.78 Å². The molecule has 2 aromatic rings. The summed E-state index contributed by atoms with van der Waals surface area (Å²) in [6, 6.07) is 6.97. The Hall–Kier alpha value is -2.08. The molecule has 0 bridgehead atoms. The van der Waals surface area contributed by atoms with Crippen molar-refractivity contribution in [2.75, 3.05) is 19.0 Å². The van der Waals surface area contributed by atoms with E-state index in [1.165, 1.54) is 12.3 Å². The van der Waals surface area contributed by atoms with E-state index in [4.69, 9.17) is 0 Å². The maximum atomic E-state index is 12.5. The van der Waals surface area contributed by atoms with Gasteiger partial charge in [-0.1, -0.05) is 12.1 Å². The molecule has 0 radical (unpaired) electrons. The number of alkyl halides is 2. The third-order valence-corrected chi connectivity index (χ3v) is 3.42. The van der Waals surface area contributed by atoms with E-state index in [0.717, 1.165) is 16.9 Å². The average molecular weight is 306 g/mol. The van der Waals surface area contributed by atoms with Gasteiger partial charge in [0.2, 0.25) is 0 Å². The summed E-state index contributed by atoms with van der Waals surface area (Å²) in [4.78, 5) is 10.1. The number of hydrogen-bond acceptors (Lipinski definition) is 4. The molecule has 0 amide bonds. The Bertz CT molecular complexity index is 599. The second-order valence-corrected chi connectivity index (χ2v) is 5.30. The average Bonchev–Trinajstić information content (AvgIpc) is 2.52. The molecule has 0 aliphatic rings. The summed E-state index contributed by atoms with van der Waals surface area (Å²) in [5.74, 6) is 0.911. The molecule has 4 nitrogen and oxygen atoms in total. The largest absolute Gasteiger partial charge is 0.362 e. The van der Waals surface area contributed by atoms with E-state index in [1.54, 1.807) is 12.3 Å². The highest BCUT2D eigenvalue weighted by molar-refractivity contribution is 5.45. The summed E-state index contributed by atoms with van der Waals surface area (Å²) in [5.41, 5.74) is 1.76. The first-order chi connectivity index (χ1) is 10.5. The van der Waals surface area contributed by atoms with Crippen molar-refractivity contribution in [2.45, 2.75) is 25.9 Å². The fraction of sp³-hybridized carbons (Fsp3) is 0.375. The van der Waals surface area contributed by atoms with E-state index in [1.807, 2.05) is 38.1 Å². The molecular weight excluding hydrogens is 286 g/mol. The third kappa shape index (κ3) is 3.98. The number of pyridine rings is 2. The number of nitrogens with zero attached hydrogens (tertiary/aromatic N) is 3. The number of nitrogens with one attached hydrogen (secondary N) is 1. The van der Waals surface area contributed by atoms with E-state index in [2.05, 4.69) is 15.3 Å². The van der Waals surface area contributed by atoms with Crippen LogP contribution in [0.2, 0.25) is 0 Å². The monoisotopic (exact) mass is 306 g/mol. The van der Waals surface area contributed by atoms with Crippen LogP contribution in [0.4, 0.5) is 14.6 Å². The van der Waals surface area contributed by atoms with Crippen LogP contribution in [-0.4, -0.2) is 24.1 Å². The van der Waals surface area contributed by atoms with Crippen molar-refractivity contribution >= 4 is 5.82 Å². The van der Waals surface area contributed by atoms with Crippen molar-refractivity contribution in [3.63, 3.8) is 0 Å². The summed E-state index contributed by atoms with van der Waals surface area (Å²) in [5, 5.41) is 3.36. The maximum absolute atomic E-state index is 12.5. The summed E-state index contributed by atoms with van der Waals surface area (Å²) in [7, 11) is 3.89. The molecule has 0 aliphatic carbocycles. The highest BCUT2D eigenvalue weighted by atomic mass is 19.3. The van der Waals surface area contributed by atoms with Crippen molar-refractivity contribution < 1.29 is 8.78 Å². The van der Waals surface area contributed by atoms with E-state index in [-0.39, 0.29) is 11.7 Å². The standard InChI is InChI=1S/C16H20F2N4/c1-11(12-6-7-14(15(17)18)21-9-12)20-10-13-5-4-8-19-16(13)22(2)3/h4-9,11,15,20H,10H2,1-3H3. The van der Waals surface area contributed by atoms with Gasteiger partial charge >= 0.3 is 0 Å². The molecule has 1 N–H and O–H groups in total. The molecule has 0 spiro atoms. The van der Waals surface area contributed by atoms with E-state index < -0.39 is 6.43 Å². The van der Waals surface area contributed by atoms with Gasteiger partial charge in [-0.05, 0) is 24.6 Å². The van der Waals surface area contributed by atoms with Gasteiger partial charge in [0.15, 0.2) is 0 Å². The Morgan fingerprint density at radius 3 is 2.55 bits per heavy atom. The quantitative estimate of drug-likeness (QED) is 0.889. The molecule has 22 heavy (non-hydrogen) atoms. The molecule has 1 atom stereocenters. The number of hydrogen-bond donors (Lipinski definition) is 1. The Kier molecular flexibility index (Phi) is 5.38. The minimum Gasteiger partial charge on any atom is -0.362 e. The van der Waals surface area contributed by atoms with Crippen LogP contribution in [0.15, 0.2) is 36.7 Å². The smallest absolute Gasteiger partial charge is 0.280 e. The molecule has 0 saturated carbocycles. The molecule has 0 fully saturated rings. The first-order valence-electron chi connectivity index (χ1n) is 7.07. The molecular formula is C16H20F2N4. The van der Waals surface area contributed by atoms with Gasteiger partial charge in [0.1, 0.15) is 11.5 Å². The van der Waals surface area contributed by atoms with Crippen molar-refractivity contribution in [1.29, 1.82) is 0 Å². The van der Waals surface area contributed by atoms with Crippen LogP contribution >= 0.6 is 0 Å². The Morgan fingerprint density at radius 2 is 1.95 bits per heavy atom. The number of halogens is 2. The first-order valence-corrected chi connectivity index (χ1v) is 7.07. The Balaban J connectivity index is 2.02. The van der Waals surface area contributed by atoms with E-state index >= 15 is 0 Å². The van der Waals surface area contributed by atoms with Gasteiger partial charge in [-0.2, -0.15) is 0 Å². The van der Waals surface area contributed by atoms with Crippen LogP contribution in [-0.2, 0) is 6.54 Å². The molecule has 6 heteroatoms. The highest BCUT2D eigenvalue weighted by Gasteiger charge is 2.12. The third-order valence-electron chi connectivity index (χ3n) is 3.42. The van der Waals surface area contributed by atoms with Gasteiger partial charge in [-0.25, -0.2) is 13.8 Å². The lowest BCUT2D eigenvalue weighted by Crippen LogP contribution is -2.21. The van der Waals surface area contributed by atoms with Crippen molar-refractivity contribution in [2.24, 2.45) is 0 Å². The van der Waals surface area contributed by atoms with Crippen LogP contribution in [0.3, 0.4) is 0 Å². The minimum absolute atomic E-state index is 0.00874. The van der Waals surface area contributed by atoms with Crippen LogP contribution in [0.5, 0.6) is 0 Å². The highest BCUT2D eigenvalue weighted by Crippen LogP contribution is 2.20. The van der Waals surface area contributed by atoms with Crippen LogP contribution in [0.25, 0.3) is 0 Å². The van der Waals surface area contributed by atoms with E-state index in [0.29, 0.717) is 6.54 Å². The maximum Gasteiger partial charge on any atom is 0.280 e. The van der Waals surface area contributed by atoms with Crippen LogP contribution in [0, 0.1) is 0 Å². The molecule has 0 aliphatic heterocycles. The van der Waals surface area contributed by atoms with Gasteiger partial charge in [0, 0.05) is 44.6 Å². The molecule has 0 saturated heterocycles. The molecule has 2 rings (SSSR count). The summed E-state index contributed by atoms with van der Waals surface area (Å²) >= 11 is 0. The zero-order valence-electron chi connectivity index (χ0n) is 12.9. The number of rotatable bonds is 6. The summed E-state index contributed by atoms with van der Waals surface area (Å²) < 4.78 is 25.0. The molecule has 2 aromatic heterocycles. The van der Waals surface area contributed by atoms with Crippen molar-refractivity contribution in [3.05, 3.63) is 53.5 Å². The lowest BCUT2D eigenvalue weighted by Gasteiger charge is -2.19. The Morgan fingerprint density at radius 1 is 1.18 bits per heavy atom.